The maximum absolute atomic E-state index is 12.5. The van der Waals surface area contributed by atoms with Crippen LogP contribution in [0.1, 0.15) is 25.8 Å². The first-order valence-corrected chi connectivity index (χ1v) is 11.3. The van der Waals surface area contributed by atoms with Crippen LogP contribution in [0.15, 0.2) is 42.0 Å². The number of aliphatic hydroxyl groups is 2. The zero-order valence-electron chi connectivity index (χ0n) is 18.8. The molecule has 3 N–H and O–H groups in total. The van der Waals surface area contributed by atoms with E-state index in [1.54, 1.807) is 6.08 Å². The SMILES string of the molecule is C.CN1CCN(c2ccc3cc(/C=C(\C#N)C(=O)NCC4CC(O)CC(O)O4)ccc3c2)CC1. The molecule has 3 atom stereocenters. The predicted molar refractivity (Wildman–Crippen MR) is 133 cm³/mol. The van der Waals surface area contributed by atoms with Crippen LogP contribution in [0.3, 0.4) is 0 Å². The molecule has 2 aliphatic rings. The highest BCUT2D eigenvalue weighted by atomic mass is 16.6. The fourth-order valence-electron chi connectivity index (χ4n) is 4.32. The minimum Gasteiger partial charge on any atom is -0.393 e. The molecule has 0 radical (unpaired) electrons. The molecule has 2 aliphatic heterocycles. The molecule has 1 amide bonds. The first kappa shape index (κ1) is 25.7. The fraction of sp³-hybridized carbons (Fsp3) is 0.462. The Morgan fingerprint density at radius 1 is 1.15 bits per heavy atom. The number of hydrogen-bond donors (Lipinski definition) is 3. The van der Waals surface area contributed by atoms with Gasteiger partial charge in [-0.05, 0) is 47.7 Å². The molecule has 8 heteroatoms. The zero-order chi connectivity index (χ0) is 23.4. The third kappa shape index (κ3) is 6.33. The molecule has 4 rings (SSSR count). The van der Waals surface area contributed by atoms with Crippen molar-refractivity contribution in [1.82, 2.24) is 10.2 Å². The zero-order valence-corrected chi connectivity index (χ0v) is 18.8. The third-order valence-corrected chi connectivity index (χ3v) is 6.24. The van der Waals surface area contributed by atoms with Crippen LogP contribution >= 0.6 is 0 Å². The van der Waals surface area contributed by atoms with Gasteiger partial charge in [0.1, 0.15) is 11.6 Å². The molecule has 2 saturated heterocycles. The van der Waals surface area contributed by atoms with Crippen LogP contribution in [-0.4, -0.2) is 79.3 Å². The summed E-state index contributed by atoms with van der Waals surface area (Å²) in [7, 11) is 2.14. The maximum atomic E-state index is 12.5. The van der Waals surface area contributed by atoms with Gasteiger partial charge in [0.15, 0.2) is 6.29 Å². The average molecular weight is 467 g/mol. The molecule has 0 spiro atoms. The van der Waals surface area contributed by atoms with E-state index >= 15 is 0 Å². The van der Waals surface area contributed by atoms with Crippen molar-refractivity contribution < 1.29 is 19.7 Å². The molecule has 3 unspecified atom stereocenters. The van der Waals surface area contributed by atoms with Gasteiger partial charge in [-0.1, -0.05) is 25.6 Å². The molecular weight excluding hydrogens is 432 g/mol. The molecular formula is C26H34N4O4. The van der Waals surface area contributed by atoms with E-state index in [0.29, 0.717) is 6.42 Å². The lowest BCUT2D eigenvalue weighted by atomic mass is 10.0. The van der Waals surface area contributed by atoms with Gasteiger partial charge in [0.05, 0.1) is 12.2 Å². The smallest absolute Gasteiger partial charge is 0.262 e. The van der Waals surface area contributed by atoms with Crippen molar-refractivity contribution in [2.45, 2.75) is 38.8 Å². The second-order valence-electron chi connectivity index (χ2n) is 8.80. The molecule has 0 bridgehead atoms. The van der Waals surface area contributed by atoms with E-state index in [2.05, 4.69) is 40.4 Å². The number of piperazine rings is 1. The number of likely N-dealkylation sites (N-methyl/N-ethyl adjacent to an activating group) is 1. The van der Waals surface area contributed by atoms with Gasteiger partial charge in [-0.25, -0.2) is 0 Å². The van der Waals surface area contributed by atoms with Crippen LogP contribution < -0.4 is 10.2 Å². The number of rotatable bonds is 5. The van der Waals surface area contributed by atoms with Crippen molar-refractivity contribution in [1.29, 1.82) is 5.26 Å². The summed E-state index contributed by atoms with van der Waals surface area (Å²) in [5.74, 6) is -0.513. The molecule has 2 aromatic carbocycles. The largest absolute Gasteiger partial charge is 0.393 e. The summed E-state index contributed by atoms with van der Waals surface area (Å²) in [5, 5.41) is 33.6. The summed E-state index contributed by atoms with van der Waals surface area (Å²) in [6.07, 6.45) is -0.167. The van der Waals surface area contributed by atoms with E-state index in [1.165, 1.54) is 5.69 Å². The molecule has 0 aromatic heterocycles. The van der Waals surface area contributed by atoms with E-state index in [0.717, 1.165) is 42.5 Å². The van der Waals surface area contributed by atoms with Crippen LogP contribution in [0, 0.1) is 11.3 Å². The number of fused-ring (bicyclic) bond motifs is 1. The quantitative estimate of drug-likeness (QED) is 0.457. The Bertz CT molecular complexity index is 1060. The number of amides is 1. The number of nitrogens with one attached hydrogen (secondary N) is 1. The van der Waals surface area contributed by atoms with E-state index < -0.39 is 24.4 Å². The van der Waals surface area contributed by atoms with Gasteiger partial charge in [0.2, 0.25) is 0 Å². The Balaban J connectivity index is 0.00000324. The number of benzene rings is 2. The summed E-state index contributed by atoms with van der Waals surface area (Å²) in [6, 6.07) is 14.2. The number of hydrogen-bond acceptors (Lipinski definition) is 7. The Kier molecular flexibility index (Phi) is 8.64. The number of nitriles is 1. The summed E-state index contributed by atoms with van der Waals surface area (Å²) < 4.78 is 5.32. The van der Waals surface area contributed by atoms with Crippen LogP contribution in [0.4, 0.5) is 5.69 Å². The minimum atomic E-state index is -1.05. The maximum Gasteiger partial charge on any atom is 0.262 e. The van der Waals surface area contributed by atoms with E-state index in [9.17, 15) is 20.3 Å². The van der Waals surface area contributed by atoms with Gasteiger partial charge in [-0.3, -0.25) is 4.79 Å². The predicted octanol–water partition coefficient (Wildman–Crippen LogP) is 2.11. The van der Waals surface area contributed by atoms with Crippen molar-refractivity contribution in [3.8, 4) is 6.07 Å². The third-order valence-electron chi connectivity index (χ3n) is 6.24. The molecule has 182 valence electrons. The van der Waals surface area contributed by atoms with Crippen molar-refractivity contribution in [3.63, 3.8) is 0 Å². The fourth-order valence-corrected chi connectivity index (χ4v) is 4.32. The first-order valence-electron chi connectivity index (χ1n) is 11.3. The number of ether oxygens (including phenoxy) is 1. The van der Waals surface area contributed by atoms with Crippen LogP contribution in [0.5, 0.6) is 0 Å². The highest BCUT2D eigenvalue weighted by Crippen LogP contribution is 2.25. The number of aliphatic hydroxyl groups excluding tert-OH is 2. The van der Waals surface area contributed by atoms with Crippen molar-refractivity contribution in [2.75, 3.05) is 44.7 Å². The van der Waals surface area contributed by atoms with Gasteiger partial charge in [0.25, 0.3) is 5.91 Å². The Morgan fingerprint density at radius 2 is 1.85 bits per heavy atom. The molecule has 0 saturated carbocycles. The van der Waals surface area contributed by atoms with E-state index in [4.69, 9.17) is 4.74 Å². The van der Waals surface area contributed by atoms with Crippen LogP contribution in [-0.2, 0) is 9.53 Å². The number of carbonyl (C=O) groups is 1. The van der Waals surface area contributed by atoms with Gasteiger partial charge >= 0.3 is 0 Å². The molecule has 2 aromatic rings. The second-order valence-corrected chi connectivity index (χ2v) is 8.80. The molecule has 8 nitrogen and oxygen atoms in total. The number of nitrogens with zero attached hydrogens (tertiary/aromatic N) is 3. The highest BCUT2D eigenvalue weighted by Gasteiger charge is 2.27. The van der Waals surface area contributed by atoms with Crippen molar-refractivity contribution in [2.24, 2.45) is 0 Å². The van der Waals surface area contributed by atoms with Gasteiger partial charge in [-0.15, -0.1) is 0 Å². The van der Waals surface area contributed by atoms with Gasteiger partial charge < -0.3 is 30.1 Å². The van der Waals surface area contributed by atoms with Crippen molar-refractivity contribution >= 4 is 28.4 Å². The summed E-state index contributed by atoms with van der Waals surface area (Å²) in [4.78, 5) is 17.2. The lowest BCUT2D eigenvalue weighted by molar-refractivity contribution is -0.187. The van der Waals surface area contributed by atoms with Crippen molar-refractivity contribution in [3.05, 3.63) is 47.5 Å². The Labute approximate surface area is 201 Å². The molecule has 2 heterocycles. The molecule has 34 heavy (non-hydrogen) atoms. The average Bonchev–Trinajstić information content (AvgIpc) is 2.80. The lowest BCUT2D eigenvalue weighted by Crippen LogP contribution is -2.44. The topological polar surface area (TPSA) is 109 Å². The van der Waals surface area contributed by atoms with E-state index in [1.807, 2.05) is 24.3 Å². The normalized spacial score (nSPS) is 23.8. The lowest BCUT2D eigenvalue weighted by Gasteiger charge is -2.34. The van der Waals surface area contributed by atoms with Gasteiger partial charge in [-0.2, -0.15) is 5.26 Å². The summed E-state index contributed by atoms with van der Waals surface area (Å²) in [6.45, 7) is 4.23. The van der Waals surface area contributed by atoms with E-state index in [-0.39, 0.29) is 26.0 Å². The standard InChI is InChI=1S/C25H30N4O4.CH4/c1-28-6-8-29(9-7-28)21-5-4-18-10-17(2-3-19(18)12-21)11-20(15-26)25(32)27-16-23-13-22(30)14-24(31)33-23;/h2-5,10-12,22-24,30-31H,6-9,13-14,16H2,1H3,(H,27,32);1H4/b20-11+;. The van der Waals surface area contributed by atoms with Crippen LogP contribution in [0.25, 0.3) is 16.8 Å². The highest BCUT2D eigenvalue weighted by molar-refractivity contribution is 6.02. The monoisotopic (exact) mass is 466 g/mol. The second kappa shape index (κ2) is 11.4. The van der Waals surface area contributed by atoms with Gasteiger partial charge in [0, 0.05) is 51.3 Å². The number of carbonyl (C=O) groups excluding carboxylic acids is 1. The Morgan fingerprint density at radius 3 is 2.56 bits per heavy atom. The summed E-state index contributed by atoms with van der Waals surface area (Å²) >= 11 is 0. The first-order chi connectivity index (χ1) is 15.9. The Hall–Kier alpha value is -2.96. The molecule has 2 fully saturated rings. The summed E-state index contributed by atoms with van der Waals surface area (Å²) in [5.41, 5.74) is 1.96. The minimum absolute atomic E-state index is 0. The number of anilines is 1. The van der Waals surface area contributed by atoms with Crippen LogP contribution in [0.2, 0.25) is 0 Å². The molecule has 0 aliphatic carbocycles.